The first kappa shape index (κ1) is 12.2. The topological polar surface area (TPSA) is 26.9 Å². The van der Waals surface area contributed by atoms with Crippen LogP contribution in [0.2, 0.25) is 0 Å². The van der Waals surface area contributed by atoms with E-state index in [-0.39, 0.29) is 5.69 Å². The van der Waals surface area contributed by atoms with E-state index in [9.17, 15) is 4.79 Å². The predicted molar refractivity (Wildman–Crippen MR) is 74.7 cm³/mol. The molecule has 0 bridgehead atoms. The number of imidazole rings is 1. The third kappa shape index (κ3) is 2.37. The highest BCUT2D eigenvalue weighted by Gasteiger charge is 2.07. The minimum Gasteiger partial charge on any atom is -0.294 e. The smallest absolute Gasteiger partial charge is 0.294 e. The number of nitrogens with zero attached hydrogens (tertiary/aromatic N) is 2. The molecule has 88 valence electrons. The van der Waals surface area contributed by atoms with E-state index >= 15 is 0 Å². The third-order valence-electron chi connectivity index (χ3n) is 2.45. The van der Waals surface area contributed by atoms with E-state index in [1.165, 1.54) is 9.13 Å². The summed E-state index contributed by atoms with van der Waals surface area (Å²) in [7, 11) is 1.70. The molecule has 0 N–H and O–H groups in total. The van der Waals surface area contributed by atoms with Gasteiger partial charge in [-0.2, -0.15) is 0 Å². The Labute approximate surface area is 110 Å². The van der Waals surface area contributed by atoms with Crippen LogP contribution >= 0.6 is 0 Å². The Balaban J connectivity index is 2.50. The molecule has 3 nitrogen and oxygen atoms in total. The van der Waals surface area contributed by atoms with Crippen molar-refractivity contribution in [1.29, 1.82) is 0 Å². The van der Waals surface area contributed by atoms with Crippen molar-refractivity contribution in [2.45, 2.75) is 0 Å². The molecule has 1 heterocycles. The van der Waals surface area contributed by atoms with E-state index in [0.717, 1.165) is 11.0 Å². The SMILES string of the molecule is C#CC#CC#CC#Cn1c(=O)n(C)c2ccccc21. The second-order valence-electron chi connectivity index (χ2n) is 3.55. The molecule has 0 atom stereocenters. The summed E-state index contributed by atoms with van der Waals surface area (Å²) < 4.78 is 2.90. The maximum Gasteiger partial charge on any atom is 0.340 e. The first-order valence-corrected chi connectivity index (χ1v) is 5.39. The van der Waals surface area contributed by atoms with Gasteiger partial charge in [0, 0.05) is 30.9 Å². The second-order valence-corrected chi connectivity index (χ2v) is 3.55. The van der Waals surface area contributed by atoms with E-state index in [1.807, 2.05) is 24.3 Å². The zero-order chi connectivity index (χ0) is 13.7. The van der Waals surface area contributed by atoms with Crippen LogP contribution in [0.25, 0.3) is 11.0 Å². The van der Waals surface area contributed by atoms with Gasteiger partial charge in [0.25, 0.3) is 0 Å². The molecule has 0 aliphatic rings. The van der Waals surface area contributed by atoms with Gasteiger partial charge < -0.3 is 0 Å². The molecular weight excluding hydrogens is 236 g/mol. The Morgan fingerprint density at radius 1 is 1.00 bits per heavy atom. The summed E-state index contributed by atoms with van der Waals surface area (Å²) >= 11 is 0. The van der Waals surface area contributed by atoms with Crippen molar-refractivity contribution in [3.63, 3.8) is 0 Å². The molecule has 1 aromatic heterocycles. The van der Waals surface area contributed by atoms with E-state index < -0.39 is 0 Å². The number of para-hydroxylation sites is 2. The van der Waals surface area contributed by atoms with E-state index in [2.05, 4.69) is 41.6 Å². The molecule has 0 amide bonds. The standard InChI is InChI=1S/C16H8N2O/c1-3-4-5-6-7-10-13-18-15-12-9-8-11-14(15)17(2)16(18)19/h1,8-9,11-12H,2H3. The van der Waals surface area contributed by atoms with Gasteiger partial charge in [0.2, 0.25) is 0 Å². The maximum atomic E-state index is 12.0. The average molecular weight is 244 g/mol. The third-order valence-corrected chi connectivity index (χ3v) is 2.45. The second kappa shape index (κ2) is 5.37. The lowest BCUT2D eigenvalue weighted by molar-refractivity contribution is 0.857. The summed E-state index contributed by atoms with van der Waals surface area (Å²) in [5.74, 6) is 14.5. The molecule has 0 unspecified atom stereocenters. The Morgan fingerprint density at radius 2 is 1.63 bits per heavy atom. The monoisotopic (exact) mass is 244 g/mol. The van der Waals surface area contributed by atoms with Gasteiger partial charge in [0.05, 0.1) is 11.0 Å². The molecule has 0 fully saturated rings. The normalized spacial score (nSPS) is 8.21. The van der Waals surface area contributed by atoms with Crippen molar-refractivity contribution >= 4 is 11.0 Å². The van der Waals surface area contributed by atoms with Crippen LogP contribution in [0.1, 0.15) is 0 Å². The van der Waals surface area contributed by atoms with Gasteiger partial charge in [0.1, 0.15) is 0 Å². The van der Waals surface area contributed by atoms with Gasteiger partial charge in [-0.15, -0.1) is 6.42 Å². The molecule has 0 saturated heterocycles. The van der Waals surface area contributed by atoms with Crippen LogP contribution in [0.4, 0.5) is 0 Å². The van der Waals surface area contributed by atoms with E-state index in [0.29, 0.717) is 0 Å². The number of aryl methyl sites for hydroxylation is 1. The van der Waals surface area contributed by atoms with Gasteiger partial charge in [0.15, 0.2) is 0 Å². The van der Waals surface area contributed by atoms with Crippen molar-refractivity contribution in [1.82, 2.24) is 9.13 Å². The summed E-state index contributed by atoms with van der Waals surface area (Å²) in [5.41, 5.74) is 1.37. The highest BCUT2D eigenvalue weighted by atomic mass is 16.1. The zero-order valence-corrected chi connectivity index (χ0v) is 10.2. The fraction of sp³-hybridized carbons (Fsp3) is 0.0625. The van der Waals surface area contributed by atoms with Crippen molar-refractivity contribution < 1.29 is 0 Å². The Kier molecular flexibility index (Phi) is 3.45. The summed E-state index contributed by atoms with van der Waals surface area (Å²) in [6.45, 7) is 0. The van der Waals surface area contributed by atoms with Crippen molar-refractivity contribution in [3.05, 3.63) is 34.7 Å². The summed E-state index contributed by atoms with van der Waals surface area (Å²) in [6, 6.07) is 10.1. The molecular formula is C16H8N2O. The number of hydrogen-bond donors (Lipinski definition) is 0. The Morgan fingerprint density at radius 3 is 2.37 bits per heavy atom. The van der Waals surface area contributed by atoms with Gasteiger partial charge in [-0.1, -0.05) is 12.1 Å². The molecule has 0 radical (unpaired) electrons. The van der Waals surface area contributed by atoms with Crippen molar-refractivity contribution in [2.24, 2.45) is 7.05 Å². The summed E-state index contributed by atoms with van der Waals surface area (Å²) in [6.07, 6.45) is 4.94. The van der Waals surface area contributed by atoms with Crippen LogP contribution in [-0.4, -0.2) is 9.13 Å². The van der Waals surface area contributed by atoms with Crippen molar-refractivity contribution in [3.8, 4) is 48.0 Å². The van der Waals surface area contributed by atoms with Gasteiger partial charge in [-0.05, 0) is 29.9 Å². The Hall–Kier alpha value is -3.27. The number of terminal acetylenes is 1. The quantitative estimate of drug-likeness (QED) is 0.629. The first-order chi connectivity index (χ1) is 9.25. The molecule has 2 rings (SSSR count). The largest absolute Gasteiger partial charge is 0.340 e. The molecule has 1 aromatic carbocycles. The van der Waals surface area contributed by atoms with Gasteiger partial charge in [-0.25, -0.2) is 9.36 Å². The number of benzene rings is 1. The molecule has 19 heavy (non-hydrogen) atoms. The van der Waals surface area contributed by atoms with E-state index in [1.54, 1.807) is 7.05 Å². The molecule has 3 heteroatoms. The number of rotatable bonds is 0. The fourth-order valence-corrected chi connectivity index (χ4v) is 1.61. The minimum absolute atomic E-state index is 0.204. The number of hydrogen-bond acceptors (Lipinski definition) is 1. The highest BCUT2D eigenvalue weighted by molar-refractivity contribution is 5.76. The first-order valence-electron chi connectivity index (χ1n) is 5.39. The van der Waals surface area contributed by atoms with Crippen LogP contribution in [0.5, 0.6) is 0 Å². The highest BCUT2D eigenvalue weighted by Crippen LogP contribution is 2.09. The van der Waals surface area contributed by atoms with Crippen LogP contribution in [0.3, 0.4) is 0 Å². The molecule has 0 saturated carbocycles. The van der Waals surface area contributed by atoms with Gasteiger partial charge >= 0.3 is 5.69 Å². The van der Waals surface area contributed by atoms with Crippen molar-refractivity contribution in [2.75, 3.05) is 0 Å². The minimum atomic E-state index is -0.204. The lowest BCUT2D eigenvalue weighted by Crippen LogP contribution is -2.19. The lowest BCUT2D eigenvalue weighted by atomic mass is 10.3. The predicted octanol–water partition coefficient (Wildman–Crippen LogP) is 0.789. The Bertz CT molecular complexity index is 916. The van der Waals surface area contributed by atoms with Crippen LogP contribution < -0.4 is 5.69 Å². The molecule has 2 aromatic rings. The maximum absolute atomic E-state index is 12.0. The van der Waals surface area contributed by atoms with Crippen LogP contribution in [0, 0.1) is 48.0 Å². The fourth-order valence-electron chi connectivity index (χ4n) is 1.61. The average Bonchev–Trinajstić information content (AvgIpc) is 2.68. The zero-order valence-electron chi connectivity index (χ0n) is 10.2. The molecule has 0 aliphatic carbocycles. The summed E-state index contributed by atoms with van der Waals surface area (Å²) in [4.78, 5) is 12.0. The number of fused-ring (bicyclic) bond motifs is 1. The van der Waals surface area contributed by atoms with Crippen LogP contribution in [0.15, 0.2) is 29.1 Å². The lowest BCUT2D eigenvalue weighted by Gasteiger charge is -1.90. The molecule has 0 spiro atoms. The van der Waals surface area contributed by atoms with E-state index in [4.69, 9.17) is 6.42 Å². The van der Waals surface area contributed by atoms with Crippen LogP contribution in [-0.2, 0) is 7.05 Å². The number of aromatic nitrogens is 2. The molecule has 0 aliphatic heterocycles. The summed E-state index contributed by atoms with van der Waals surface area (Å²) in [5, 5.41) is 0. The van der Waals surface area contributed by atoms with Gasteiger partial charge in [-0.3, -0.25) is 4.57 Å².